The van der Waals surface area contributed by atoms with Crippen LogP contribution < -0.4 is 0 Å². The molecule has 0 saturated heterocycles. The quantitative estimate of drug-likeness (QED) is 0.0261. The minimum absolute atomic E-state index is 0.0898. The van der Waals surface area contributed by atoms with Gasteiger partial charge in [0.1, 0.15) is 13.2 Å². The van der Waals surface area contributed by atoms with Crippen molar-refractivity contribution in [1.82, 2.24) is 0 Å². The minimum atomic E-state index is -0.799. The van der Waals surface area contributed by atoms with Crippen LogP contribution in [0.4, 0.5) is 0 Å². The molecule has 78 heavy (non-hydrogen) atoms. The van der Waals surface area contributed by atoms with Crippen molar-refractivity contribution >= 4 is 17.9 Å². The van der Waals surface area contributed by atoms with Crippen molar-refractivity contribution in [1.29, 1.82) is 0 Å². The van der Waals surface area contributed by atoms with Crippen molar-refractivity contribution in [3.05, 3.63) is 48.6 Å². The first-order valence-corrected chi connectivity index (χ1v) is 34.6. The molecule has 0 rings (SSSR count). The molecule has 1 unspecified atom stereocenters. The Kier molecular flexibility index (Phi) is 64.6. The Hall–Kier alpha value is -2.63. The van der Waals surface area contributed by atoms with Crippen molar-refractivity contribution in [2.24, 2.45) is 0 Å². The van der Waals surface area contributed by atoms with Gasteiger partial charge in [0, 0.05) is 19.3 Å². The van der Waals surface area contributed by atoms with Crippen LogP contribution in [-0.4, -0.2) is 37.2 Å². The summed E-state index contributed by atoms with van der Waals surface area (Å²) in [5.74, 6) is -0.949. The average molecular weight is 1090 g/mol. The summed E-state index contributed by atoms with van der Waals surface area (Å²) in [5, 5.41) is 0. The van der Waals surface area contributed by atoms with Crippen LogP contribution in [0.25, 0.3) is 0 Å². The molecule has 0 radical (unpaired) electrons. The van der Waals surface area contributed by atoms with E-state index in [9.17, 15) is 14.4 Å². The predicted molar refractivity (Wildman–Crippen MR) is 339 cm³/mol. The average Bonchev–Trinajstić information content (AvgIpc) is 3.44. The van der Waals surface area contributed by atoms with Gasteiger partial charge in [-0.3, -0.25) is 14.4 Å². The fourth-order valence-corrected chi connectivity index (χ4v) is 10.5. The predicted octanol–water partition coefficient (Wildman–Crippen LogP) is 23.7. The summed E-state index contributed by atoms with van der Waals surface area (Å²) in [6.07, 6.45) is 84.5. The van der Waals surface area contributed by atoms with E-state index in [1.807, 2.05) is 6.08 Å². The summed E-state index contributed by atoms with van der Waals surface area (Å²) in [4.78, 5) is 38.3. The van der Waals surface area contributed by atoms with Crippen LogP contribution in [0, 0.1) is 0 Å². The first kappa shape index (κ1) is 75.4. The number of unbranched alkanes of at least 4 members (excludes halogenated alkanes) is 45. The number of allylic oxidation sites excluding steroid dienone is 8. The van der Waals surface area contributed by atoms with Crippen molar-refractivity contribution in [3.8, 4) is 0 Å². The Morgan fingerprint density at radius 2 is 0.500 bits per heavy atom. The number of hydrogen-bond donors (Lipinski definition) is 0. The van der Waals surface area contributed by atoms with E-state index in [0.717, 1.165) is 64.2 Å². The Labute approximate surface area is 486 Å². The Bertz CT molecular complexity index is 1350. The molecule has 0 aromatic rings. The molecule has 6 nitrogen and oxygen atoms in total. The van der Waals surface area contributed by atoms with Crippen molar-refractivity contribution in [3.63, 3.8) is 0 Å². The van der Waals surface area contributed by atoms with Gasteiger partial charge in [0.2, 0.25) is 0 Å². The second-order valence-corrected chi connectivity index (χ2v) is 23.4. The molecule has 0 aliphatic rings. The minimum Gasteiger partial charge on any atom is -0.462 e. The highest BCUT2D eigenvalue weighted by Crippen LogP contribution is 2.19. The topological polar surface area (TPSA) is 78.9 Å². The van der Waals surface area contributed by atoms with Crippen LogP contribution in [-0.2, 0) is 28.6 Å². The number of ether oxygens (including phenoxy) is 3. The second-order valence-electron chi connectivity index (χ2n) is 23.4. The summed E-state index contributed by atoms with van der Waals surface area (Å²) in [7, 11) is 0. The number of hydrogen-bond acceptors (Lipinski definition) is 6. The van der Waals surface area contributed by atoms with E-state index >= 15 is 0 Å². The summed E-state index contributed by atoms with van der Waals surface area (Å²) in [6.45, 7) is 6.53. The highest BCUT2D eigenvalue weighted by Gasteiger charge is 2.19. The molecule has 0 heterocycles. The van der Waals surface area contributed by atoms with Crippen LogP contribution in [0.15, 0.2) is 48.6 Å². The van der Waals surface area contributed by atoms with Crippen molar-refractivity contribution < 1.29 is 28.6 Å². The van der Waals surface area contributed by atoms with Crippen molar-refractivity contribution in [2.75, 3.05) is 13.2 Å². The van der Waals surface area contributed by atoms with Gasteiger partial charge in [0.25, 0.3) is 0 Å². The first-order chi connectivity index (χ1) is 38.5. The molecule has 0 bridgehead atoms. The zero-order chi connectivity index (χ0) is 56.4. The highest BCUT2D eigenvalue weighted by molar-refractivity contribution is 5.71. The molecule has 0 aliphatic carbocycles. The molecule has 0 aliphatic heterocycles. The standard InChI is InChI=1S/C72H132O6/c1-4-7-10-13-16-19-22-25-27-29-31-33-34-35-36-37-38-39-41-42-44-47-50-53-56-59-62-65-71(74)77-68-69(67-76-70(73)64-61-58-55-52-49-46-24-21-18-15-12-9-6-3)78-72(75)66-63-60-57-54-51-48-45-43-40-32-30-28-26-23-20-17-14-11-8-5-2/h9,12,18,21,46,49,55,58,69H,4-8,10-11,13-17,19-20,22-45,47-48,50-54,56-57,59-68H2,1-3H3/b12-9-,21-18-,49-46-,58-55-. The van der Waals surface area contributed by atoms with E-state index in [1.54, 1.807) is 0 Å². The maximum atomic E-state index is 12.9. The summed E-state index contributed by atoms with van der Waals surface area (Å²) in [6, 6.07) is 0. The fourth-order valence-electron chi connectivity index (χ4n) is 10.5. The molecule has 0 fully saturated rings. The molecule has 0 spiro atoms. The molecule has 0 N–H and O–H groups in total. The molecule has 0 saturated carbocycles. The fraction of sp³-hybridized carbons (Fsp3) is 0.847. The van der Waals surface area contributed by atoms with Crippen LogP contribution in [0.5, 0.6) is 0 Å². The number of carbonyl (C=O) groups excluding carboxylic acids is 3. The van der Waals surface area contributed by atoms with E-state index in [2.05, 4.69) is 63.3 Å². The number of carbonyl (C=O) groups is 3. The van der Waals surface area contributed by atoms with Crippen LogP contribution in [0.1, 0.15) is 374 Å². The molecule has 0 aromatic heterocycles. The third-order valence-electron chi connectivity index (χ3n) is 15.6. The Morgan fingerprint density at radius 1 is 0.269 bits per heavy atom. The van der Waals surface area contributed by atoms with Gasteiger partial charge < -0.3 is 14.2 Å². The molecule has 6 heteroatoms. The maximum Gasteiger partial charge on any atom is 0.306 e. The van der Waals surface area contributed by atoms with E-state index < -0.39 is 6.10 Å². The Balaban J connectivity index is 4.23. The van der Waals surface area contributed by atoms with Gasteiger partial charge in [-0.15, -0.1) is 0 Å². The van der Waals surface area contributed by atoms with Gasteiger partial charge in [0.15, 0.2) is 6.10 Å². The van der Waals surface area contributed by atoms with Crippen LogP contribution >= 0.6 is 0 Å². The third kappa shape index (κ3) is 64.2. The molecule has 456 valence electrons. The van der Waals surface area contributed by atoms with E-state index in [4.69, 9.17) is 14.2 Å². The SMILES string of the molecule is CC/C=C\C/C=C\C/C=C\C/C=C\CCC(=O)OCC(COC(=O)CCCCCCCCCCCCCCCCCCCCCCCCCCCCC)OC(=O)CCCCCCCCCCCCCCCCCCCCCC. The lowest BCUT2D eigenvalue weighted by atomic mass is 10.0. The lowest BCUT2D eigenvalue weighted by molar-refractivity contribution is -0.166. The van der Waals surface area contributed by atoms with Crippen LogP contribution in [0.3, 0.4) is 0 Å². The maximum absolute atomic E-state index is 12.9. The molecular formula is C72H132O6. The normalized spacial score (nSPS) is 12.3. The third-order valence-corrected chi connectivity index (χ3v) is 15.6. The number of rotatable bonds is 64. The highest BCUT2D eigenvalue weighted by atomic mass is 16.6. The van der Waals surface area contributed by atoms with Gasteiger partial charge in [-0.1, -0.05) is 358 Å². The summed E-state index contributed by atoms with van der Waals surface area (Å²) in [5.41, 5.74) is 0. The van der Waals surface area contributed by atoms with E-state index in [1.165, 1.54) is 263 Å². The second kappa shape index (κ2) is 66.9. The van der Waals surface area contributed by atoms with Gasteiger partial charge in [-0.25, -0.2) is 0 Å². The molecule has 1 atom stereocenters. The largest absolute Gasteiger partial charge is 0.462 e. The monoisotopic (exact) mass is 1090 g/mol. The summed E-state index contributed by atoms with van der Waals surface area (Å²) < 4.78 is 16.9. The lowest BCUT2D eigenvalue weighted by Crippen LogP contribution is -2.30. The first-order valence-electron chi connectivity index (χ1n) is 34.6. The molecular weight excluding hydrogens is 961 g/mol. The smallest absolute Gasteiger partial charge is 0.306 e. The van der Waals surface area contributed by atoms with E-state index in [0.29, 0.717) is 19.3 Å². The number of esters is 3. The van der Waals surface area contributed by atoms with E-state index in [-0.39, 0.29) is 37.5 Å². The van der Waals surface area contributed by atoms with Gasteiger partial charge in [-0.2, -0.15) is 0 Å². The molecule has 0 aromatic carbocycles. The zero-order valence-corrected chi connectivity index (χ0v) is 52.5. The van der Waals surface area contributed by atoms with Gasteiger partial charge >= 0.3 is 17.9 Å². The van der Waals surface area contributed by atoms with Crippen molar-refractivity contribution in [2.45, 2.75) is 380 Å². The van der Waals surface area contributed by atoms with Crippen LogP contribution in [0.2, 0.25) is 0 Å². The Morgan fingerprint density at radius 3 is 0.782 bits per heavy atom. The lowest BCUT2D eigenvalue weighted by Gasteiger charge is -2.18. The molecule has 0 amide bonds. The van der Waals surface area contributed by atoms with Gasteiger partial charge in [0.05, 0.1) is 0 Å². The summed E-state index contributed by atoms with van der Waals surface area (Å²) >= 11 is 0. The van der Waals surface area contributed by atoms with Gasteiger partial charge in [-0.05, 0) is 44.9 Å². The zero-order valence-electron chi connectivity index (χ0n) is 52.5.